The first-order chi connectivity index (χ1) is 10.6. The van der Waals surface area contributed by atoms with E-state index in [-0.39, 0.29) is 5.78 Å². The molecule has 4 nitrogen and oxygen atoms in total. The van der Waals surface area contributed by atoms with Crippen LogP contribution in [-0.2, 0) is 11.2 Å². The summed E-state index contributed by atoms with van der Waals surface area (Å²) in [5.74, 6) is -0.617. The summed E-state index contributed by atoms with van der Waals surface area (Å²) in [5.41, 5.74) is 2.15. The van der Waals surface area contributed by atoms with Crippen molar-refractivity contribution in [3.63, 3.8) is 0 Å². The number of nitrogens with one attached hydrogen (secondary N) is 1. The zero-order valence-corrected chi connectivity index (χ0v) is 13.9. The molecule has 0 unspecified atom stereocenters. The van der Waals surface area contributed by atoms with E-state index in [9.17, 15) is 4.79 Å². The zero-order valence-electron chi connectivity index (χ0n) is 12.3. The monoisotopic (exact) mass is 329 g/mol. The van der Waals surface area contributed by atoms with Gasteiger partial charge in [-0.2, -0.15) is 0 Å². The summed E-state index contributed by atoms with van der Waals surface area (Å²) in [4.78, 5) is 13.2. The van der Waals surface area contributed by atoms with Gasteiger partial charge in [-0.3, -0.25) is 10.2 Å². The molecule has 0 saturated carbocycles. The number of carbonyl (C=O) groups excluding carboxylic acids is 1. The molecule has 0 amide bonds. The highest BCUT2D eigenvalue weighted by atomic mass is 32.2. The van der Waals surface area contributed by atoms with Crippen molar-refractivity contribution in [1.82, 2.24) is 10.2 Å². The van der Waals surface area contributed by atoms with Crippen molar-refractivity contribution < 1.29 is 4.79 Å². The van der Waals surface area contributed by atoms with Gasteiger partial charge < -0.3 is 0 Å². The predicted molar refractivity (Wildman–Crippen MR) is 91.5 cm³/mol. The summed E-state index contributed by atoms with van der Waals surface area (Å²) >= 11 is 2.65. The number of allylic oxidation sites excluding steroid dienone is 1. The van der Waals surface area contributed by atoms with Crippen molar-refractivity contribution in [2.75, 3.05) is 0 Å². The van der Waals surface area contributed by atoms with Crippen LogP contribution in [0, 0.1) is 12.3 Å². The number of rotatable bonds is 3. The fourth-order valence-electron chi connectivity index (χ4n) is 2.15. The first-order valence-electron chi connectivity index (χ1n) is 6.99. The summed E-state index contributed by atoms with van der Waals surface area (Å²) in [6.07, 6.45) is 2.65. The van der Waals surface area contributed by atoms with Crippen LogP contribution in [0.2, 0.25) is 0 Å². The van der Waals surface area contributed by atoms with Gasteiger partial charge >= 0.3 is 0 Å². The maximum absolute atomic E-state index is 12.6. The number of aromatic nitrogens is 2. The van der Waals surface area contributed by atoms with Gasteiger partial charge in [0.1, 0.15) is 15.9 Å². The number of nitrogens with zero attached hydrogens (tertiary/aromatic N) is 2. The molecule has 6 heteroatoms. The Morgan fingerprint density at radius 3 is 2.64 bits per heavy atom. The van der Waals surface area contributed by atoms with Crippen LogP contribution >= 0.6 is 23.1 Å². The van der Waals surface area contributed by atoms with Crippen LogP contribution in [0.15, 0.2) is 29.2 Å². The lowest BCUT2D eigenvalue weighted by Gasteiger charge is -2.00. The molecule has 1 N–H and O–H groups in total. The van der Waals surface area contributed by atoms with Gasteiger partial charge in [-0.05, 0) is 25.0 Å². The molecule has 0 bridgehead atoms. The molecule has 2 aromatic rings. The standard InChI is InChI=1S/C16H15N3OS2/c1-3-12-18-19-16(22-12)13-14(20)11(21-15(13)17)8-10-6-4-9(2)5-7-10/h4-8,13,17H,3H2,1-2H3/b11-8-,17-15?/t13-/m1/s1. The van der Waals surface area contributed by atoms with Gasteiger partial charge in [0.15, 0.2) is 5.78 Å². The fraction of sp³-hybridized carbons (Fsp3) is 0.250. The number of benzene rings is 1. The van der Waals surface area contributed by atoms with Crippen LogP contribution in [0.4, 0.5) is 0 Å². The van der Waals surface area contributed by atoms with E-state index in [1.807, 2.05) is 44.2 Å². The SMILES string of the molecule is CCc1nnc([C@H]2C(=N)S/C(=C\c3ccc(C)cc3)C2=O)s1. The molecule has 22 heavy (non-hydrogen) atoms. The third-order valence-corrected chi connectivity index (χ3v) is 5.52. The summed E-state index contributed by atoms with van der Waals surface area (Å²) < 4.78 is 0. The van der Waals surface area contributed by atoms with Gasteiger partial charge in [0.05, 0.1) is 9.95 Å². The maximum Gasteiger partial charge on any atom is 0.186 e. The molecule has 1 fully saturated rings. The lowest BCUT2D eigenvalue weighted by Crippen LogP contribution is -2.11. The zero-order chi connectivity index (χ0) is 15.7. The van der Waals surface area contributed by atoms with Crippen molar-refractivity contribution in [1.29, 1.82) is 5.41 Å². The van der Waals surface area contributed by atoms with Crippen LogP contribution in [0.25, 0.3) is 6.08 Å². The van der Waals surface area contributed by atoms with Crippen LogP contribution in [0.3, 0.4) is 0 Å². The van der Waals surface area contributed by atoms with Crippen LogP contribution < -0.4 is 0 Å². The van der Waals surface area contributed by atoms with Crippen LogP contribution in [0.1, 0.15) is 34.0 Å². The van der Waals surface area contributed by atoms with Gasteiger partial charge in [-0.1, -0.05) is 48.5 Å². The Hall–Kier alpha value is -1.79. The van der Waals surface area contributed by atoms with Crippen molar-refractivity contribution in [3.05, 3.63) is 50.3 Å². The number of carbonyl (C=O) groups is 1. The number of hydrogen-bond donors (Lipinski definition) is 1. The first kappa shape index (κ1) is 15.1. The van der Waals surface area contributed by atoms with Crippen molar-refractivity contribution in [3.8, 4) is 0 Å². The summed E-state index contributed by atoms with van der Waals surface area (Å²) in [6, 6.07) is 7.98. The molecule has 1 aliphatic rings. The summed E-state index contributed by atoms with van der Waals surface area (Å²) in [5, 5.41) is 18.1. The molecule has 1 atom stereocenters. The minimum atomic E-state index is -0.570. The van der Waals surface area contributed by atoms with Gasteiger partial charge in [0.2, 0.25) is 0 Å². The molecule has 1 aromatic carbocycles. The average molecular weight is 329 g/mol. The minimum absolute atomic E-state index is 0.0469. The Kier molecular flexibility index (Phi) is 4.22. The van der Waals surface area contributed by atoms with E-state index in [2.05, 4.69) is 10.2 Å². The van der Waals surface area contributed by atoms with Crippen LogP contribution in [0.5, 0.6) is 0 Å². The molecule has 0 aliphatic carbocycles. The Bertz CT molecular complexity index is 762. The summed E-state index contributed by atoms with van der Waals surface area (Å²) in [7, 11) is 0. The molecule has 1 aliphatic heterocycles. The smallest absolute Gasteiger partial charge is 0.186 e. The van der Waals surface area contributed by atoms with E-state index in [0.717, 1.165) is 17.0 Å². The molecule has 0 radical (unpaired) electrons. The third kappa shape index (κ3) is 2.89. The van der Waals surface area contributed by atoms with Gasteiger partial charge in [0, 0.05) is 0 Å². The average Bonchev–Trinajstić information content (AvgIpc) is 3.07. The minimum Gasteiger partial charge on any atom is -0.297 e. The topological polar surface area (TPSA) is 66.7 Å². The lowest BCUT2D eigenvalue weighted by atomic mass is 10.0. The molecule has 3 rings (SSSR count). The highest BCUT2D eigenvalue weighted by Gasteiger charge is 2.39. The predicted octanol–water partition coefficient (Wildman–Crippen LogP) is 3.83. The largest absolute Gasteiger partial charge is 0.297 e. The second kappa shape index (κ2) is 6.14. The summed E-state index contributed by atoms with van der Waals surface area (Å²) in [6.45, 7) is 4.03. The lowest BCUT2D eigenvalue weighted by molar-refractivity contribution is -0.114. The number of aryl methyl sites for hydroxylation is 2. The Balaban J connectivity index is 1.89. The number of thioether (sulfide) groups is 1. The van der Waals surface area contributed by atoms with Crippen molar-refractivity contribution in [2.24, 2.45) is 0 Å². The highest BCUT2D eigenvalue weighted by Crippen LogP contribution is 2.41. The molecular weight excluding hydrogens is 314 g/mol. The Labute approximate surface area is 137 Å². The van der Waals surface area contributed by atoms with E-state index in [4.69, 9.17) is 5.41 Å². The number of Topliss-reactive ketones (excluding diaryl/α,β-unsaturated/α-hetero) is 1. The van der Waals surface area contributed by atoms with Gasteiger partial charge in [-0.15, -0.1) is 21.5 Å². The van der Waals surface area contributed by atoms with Crippen molar-refractivity contribution >= 4 is 40.0 Å². The maximum atomic E-state index is 12.6. The van der Waals surface area contributed by atoms with E-state index in [0.29, 0.717) is 15.0 Å². The second-order valence-corrected chi connectivity index (χ2v) is 7.25. The third-order valence-electron chi connectivity index (χ3n) is 3.39. The Morgan fingerprint density at radius 1 is 1.27 bits per heavy atom. The molecular formula is C16H15N3OS2. The van der Waals surface area contributed by atoms with E-state index < -0.39 is 5.92 Å². The fourth-order valence-corrected chi connectivity index (χ4v) is 4.11. The molecule has 1 saturated heterocycles. The highest BCUT2D eigenvalue weighted by molar-refractivity contribution is 8.19. The van der Waals surface area contributed by atoms with E-state index >= 15 is 0 Å². The van der Waals surface area contributed by atoms with Crippen LogP contribution in [-0.4, -0.2) is 21.0 Å². The molecule has 2 heterocycles. The number of ketones is 1. The van der Waals surface area contributed by atoms with E-state index in [1.54, 1.807) is 0 Å². The van der Waals surface area contributed by atoms with Gasteiger partial charge in [0.25, 0.3) is 0 Å². The molecule has 112 valence electrons. The van der Waals surface area contributed by atoms with Crippen molar-refractivity contribution in [2.45, 2.75) is 26.2 Å². The van der Waals surface area contributed by atoms with E-state index in [1.165, 1.54) is 28.7 Å². The van der Waals surface area contributed by atoms with Gasteiger partial charge in [-0.25, -0.2) is 0 Å². The molecule has 1 aromatic heterocycles. The first-order valence-corrected chi connectivity index (χ1v) is 8.63. The second-order valence-electron chi connectivity index (χ2n) is 5.07. The number of hydrogen-bond acceptors (Lipinski definition) is 6. The normalized spacial score (nSPS) is 20.1. The quantitative estimate of drug-likeness (QED) is 0.869. The molecule has 0 spiro atoms. The Morgan fingerprint density at radius 2 is 2.00 bits per heavy atom.